The molecule has 6 heteroatoms. The Morgan fingerprint density at radius 3 is 2.38 bits per heavy atom. The molecular formula is C7H12F3N3. The fourth-order valence-electron chi connectivity index (χ4n) is 0.849. The van der Waals surface area contributed by atoms with Crippen molar-refractivity contribution >= 4 is 5.96 Å². The minimum absolute atomic E-state index is 0.224. The maximum absolute atomic E-state index is 12.3. The molecule has 0 amide bonds. The molecule has 0 aromatic carbocycles. The number of hydrogen-bond acceptors (Lipinski definition) is 3. The van der Waals surface area contributed by atoms with Crippen molar-refractivity contribution in [3.05, 3.63) is 0 Å². The lowest BCUT2D eigenvalue weighted by atomic mass is 10.1. The normalized spacial score (nSPS) is 18.1. The number of nitrogens with one attached hydrogen (secondary N) is 2. The van der Waals surface area contributed by atoms with E-state index in [-0.39, 0.29) is 5.96 Å². The third-order valence-electron chi connectivity index (χ3n) is 1.81. The van der Waals surface area contributed by atoms with Gasteiger partial charge in [-0.15, -0.1) is 0 Å². The van der Waals surface area contributed by atoms with E-state index in [4.69, 9.17) is 0 Å². The number of halogens is 3. The summed E-state index contributed by atoms with van der Waals surface area (Å²) in [5, 5.41) is 5.03. The van der Waals surface area contributed by atoms with Crippen LogP contribution in [0.5, 0.6) is 0 Å². The highest BCUT2D eigenvalue weighted by atomic mass is 19.4. The van der Waals surface area contributed by atoms with Crippen LogP contribution < -0.4 is 10.6 Å². The van der Waals surface area contributed by atoms with E-state index in [0.717, 1.165) is 13.8 Å². The first-order valence-electron chi connectivity index (χ1n) is 3.96. The number of alkyl halides is 3. The SMILES string of the molecule is CC(C)(NC1=NCCN1)C(F)(F)F. The largest absolute Gasteiger partial charge is 0.410 e. The van der Waals surface area contributed by atoms with E-state index >= 15 is 0 Å². The Morgan fingerprint density at radius 1 is 1.38 bits per heavy atom. The lowest BCUT2D eigenvalue weighted by molar-refractivity contribution is -0.181. The Morgan fingerprint density at radius 2 is 2.00 bits per heavy atom. The van der Waals surface area contributed by atoms with Gasteiger partial charge >= 0.3 is 6.18 Å². The summed E-state index contributed by atoms with van der Waals surface area (Å²) in [5.41, 5.74) is -1.94. The average molecular weight is 195 g/mol. The molecule has 1 heterocycles. The van der Waals surface area contributed by atoms with Gasteiger partial charge in [0.05, 0.1) is 6.54 Å². The van der Waals surface area contributed by atoms with Gasteiger partial charge in [0.25, 0.3) is 0 Å². The molecule has 0 atom stereocenters. The lowest BCUT2D eigenvalue weighted by Crippen LogP contribution is -2.56. The Balaban J connectivity index is 2.61. The van der Waals surface area contributed by atoms with Gasteiger partial charge in [0, 0.05) is 6.54 Å². The molecule has 0 saturated heterocycles. The smallest absolute Gasteiger partial charge is 0.355 e. The van der Waals surface area contributed by atoms with Crippen LogP contribution in [0.4, 0.5) is 13.2 Å². The van der Waals surface area contributed by atoms with Gasteiger partial charge in [0.2, 0.25) is 0 Å². The summed E-state index contributed by atoms with van der Waals surface area (Å²) in [6.45, 7) is 3.28. The van der Waals surface area contributed by atoms with E-state index in [1.54, 1.807) is 0 Å². The van der Waals surface area contributed by atoms with Crippen LogP contribution >= 0.6 is 0 Å². The van der Waals surface area contributed by atoms with Crippen LogP contribution in [0, 0.1) is 0 Å². The fourth-order valence-corrected chi connectivity index (χ4v) is 0.849. The van der Waals surface area contributed by atoms with Gasteiger partial charge in [-0.25, -0.2) is 0 Å². The molecule has 13 heavy (non-hydrogen) atoms. The molecule has 0 aliphatic carbocycles. The molecule has 0 spiro atoms. The van der Waals surface area contributed by atoms with Crippen molar-refractivity contribution in [1.29, 1.82) is 0 Å². The Labute approximate surface area is 74.4 Å². The number of hydrogen-bond donors (Lipinski definition) is 2. The number of aliphatic imine (C=N–C) groups is 1. The molecule has 76 valence electrons. The minimum Gasteiger partial charge on any atom is -0.355 e. The maximum Gasteiger partial charge on any atom is 0.410 e. The quantitative estimate of drug-likeness (QED) is 0.651. The standard InChI is InChI=1S/C7H12F3N3/c1-6(2,7(8,9)10)13-5-11-3-4-12-5/h3-4H2,1-2H3,(H2,11,12,13). The highest BCUT2D eigenvalue weighted by Crippen LogP contribution is 2.29. The van der Waals surface area contributed by atoms with Crippen LogP contribution in [0.2, 0.25) is 0 Å². The maximum atomic E-state index is 12.3. The summed E-state index contributed by atoms with van der Waals surface area (Å²) in [6, 6.07) is 0. The second-order valence-electron chi connectivity index (χ2n) is 3.40. The van der Waals surface area contributed by atoms with Gasteiger partial charge in [-0.2, -0.15) is 13.2 Å². The molecule has 1 aliphatic rings. The van der Waals surface area contributed by atoms with Gasteiger partial charge in [-0.05, 0) is 13.8 Å². The molecule has 0 unspecified atom stereocenters. The first kappa shape index (κ1) is 10.1. The van der Waals surface area contributed by atoms with Crippen LogP contribution in [0.1, 0.15) is 13.8 Å². The zero-order valence-electron chi connectivity index (χ0n) is 7.50. The van der Waals surface area contributed by atoms with Gasteiger partial charge in [0.1, 0.15) is 5.54 Å². The number of rotatable bonds is 1. The van der Waals surface area contributed by atoms with Crippen molar-refractivity contribution in [3.63, 3.8) is 0 Å². The van der Waals surface area contributed by atoms with E-state index in [0.29, 0.717) is 13.1 Å². The topological polar surface area (TPSA) is 36.4 Å². The van der Waals surface area contributed by atoms with Crippen LogP contribution in [-0.4, -0.2) is 30.8 Å². The van der Waals surface area contributed by atoms with E-state index < -0.39 is 11.7 Å². The second-order valence-corrected chi connectivity index (χ2v) is 3.40. The predicted octanol–water partition coefficient (Wildman–Crippen LogP) is 0.876. The van der Waals surface area contributed by atoms with Crippen LogP contribution in [0.15, 0.2) is 4.99 Å². The summed E-state index contributed by atoms with van der Waals surface area (Å²) in [6.07, 6.45) is -4.28. The average Bonchev–Trinajstić information content (AvgIpc) is 2.35. The molecule has 0 aromatic rings. The first-order chi connectivity index (χ1) is 5.83. The first-order valence-corrected chi connectivity index (χ1v) is 3.96. The monoisotopic (exact) mass is 195 g/mol. The van der Waals surface area contributed by atoms with Crippen molar-refractivity contribution < 1.29 is 13.2 Å². The number of guanidine groups is 1. The van der Waals surface area contributed by atoms with E-state index in [1.807, 2.05) is 0 Å². The highest BCUT2D eigenvalue weighted by Gasteiger charge is 2.48. The van der Waals surface area contributed by atoms with Crippen LogP contribution in [0.3, 0.4) is 0 Å². The van der Waals surface area contributed by atoms with E-state index in [2.05, 4.69) is 15.6 Å². The van der Waals surface area contributed by atoms with Gasteiger partial charge < -0.3 is 10.6 Å². The summed E-state index contributed by atoms with van der Waals surface area (Å²) < 4.78 is 37.0. The molecule has 0 saturated carbocycles. The highest BCUT2D eigenvalue weighted by molar-refractivity contribution is 5.81. The zero-order valence-corrected chi connectivity index (χ0v) is 7.50. The van der Waals surface area contributed by atoms with Crippen molar-refractivity contribution in [2.24, 2.45) is 4.99 Å². The van der Waals surface area contributed by atoms with Crippen LogP contribution in [0.25, 0.3) is 0 Å². The molecule has 0 radical (unpaired) electrons. The molecule has 0 bridgehead atoms. The van der Waals surface area contributed by atoms with Gasteiger partial charge in [-0.3, -0.25) is 4.99 Å². The molecule has 0 aromatic heterocycles. The summed E-state index contributed by atoms with van der Waals surface area (Å²) in [7, 11) is 0. The van der Waals surface area contributed by atoms with Crippen molar-refractivity contribution in [1.82, 2.24) is 10.6 Å². The fraction of sp³-hybridized carbons (Fsp3) is 0.857. The van der Waals surface area contributed by atoms with E-state index in [9.17, 15) is 13.2 Å². The number of nitrogens with zero attached hydrogens (tertiary/aromatic N) is 1. The Bertz CT molecular complexity index is 220. The van der Waals surface area contributed by atoms with Gasteiger partial charge in [-0.1, -0.05) is 0 Å². The molecule has 2 N–H and O–H groups in total. The summed E-state index contributed by atoms with van der Waals surface area (Å²) in [5.74, 6) is 0.224. The van der Waals surface area contributed by atoms with Crippen molar-refractivity contribution in [3.8, 4) is 0 Å². The Hall–Kier alpha value is -0.940. The Kier molecular flexibility index (Phi) is 2.40. The minimum atomic E-state index is -4.28. The molecular weight excluding hydrogens is 183 g/mol. The van der Waals surface area contributed by atoms with E-state index in [1.165, 1.54) is 0 Å². The second kappa shape index (κ2) is 3.08. The van der Waals surface area contributed by atoms with Crippen LogP contribution in [-0.2, 0) is 0 Å². The molecule has 1 aliphatic heterocycles. The summed E-state index contributed by atoms with van der Waals surface area (Å²) >= 11 is 0. The predicted molar refractivity (Wildman–Crippen MR) is 43.6 cm³/mol. The molecule has 1 rings (SSSR count). The van der Waals surface area contributed by atoms with Crippen molar-refractivity contribution in [2.75, 3.05) is 13.1 Å². The third-order valence-corrected chi connectivity index (χ3v) is 1.81. The summed E-state index contributed by atoms with van der Waals surface area (Å²) in [4.78, 5) is 3.83. The van der Waals surface area contributed by atoms with Crippen molar-refractivity contribution in [2.45, 2.75) is 25.6 Å². The molecule has 3 nitrogen and oxygen atoms in total. The zero-order chi connectivity index (χ0) is 10.1. The molecule has 0 fully saturated rings. The van der Waals surface area contributed by atoms with Gasteiger partial charge in [0.15, 0.2) is 5.96 Å². The lowest BCUT2D eigenvalue weighted by Gasteiger charge is -2.29. The third kappa shape index (κ3) is 2.26.